The van der Waals surface area contributed by atoms with Gasteiger partial charge in [-0.15, -0.1) is 0 Å². The van der Waals surface area contributed by atoms with Crippen molar-refractivity contribution in [1.82, 2.24) is 0 Å². The van der Waals surface area contributed by atoms with E-state index in [2.05, 4.69) is 5.32 Å². The van der Waals surface area contributed by atoms with E-state index in [1.165, 1.54) is 0 Å². The highest BCUT2D eigenvalue weighted by Gasteiger charge is 2.30. The Bertz CT molecular complexity index is 658. The summed E-state index contributed by atoms with van der Waals surface area (Å²) in [5.74, 6) is -0.341. The van der Waals surface area contributed by atoms with Crippen molar-refractivity contribution in [2.24, 2.45) is 0 Å². The Morgan fingerprint density at radius 2 is 1.84 bits per heavy atom. The number of fused-ring (bicyclic) bond motifs is 1. The summed E-state index contributed by atoms with van der Waals surface area (Å²) in [5.41, 5.74) is 1.99. The van der Waals surface area contributed by atoms with Crippen molar-refractivity contribution in [2.75, 3.05) is 5.32 Å². The van der Waals surface area contributed by atoms with Crippen molar-refractivity contribution in [1.29, 1.82) is 0 Å². The first kappa shape index (κ1) is 12.3. The van der Waals surface area contributed by atoms with E-state index in [0.717, 1.165) is 5.56 Å². The topological polar surface area (TPSA) is 38.3 Å². The predicted octanol–water partition coefficient (Wildman–Crippen LogP) is 4.27. The molecule has 0 fully saturated rings. The monoisotopic (exact) mass is 293 g/mol. The molecule has 1 unspecified atom stereocenters. The smallest absolute Gasteiger partial charge is 0.340 e. The molecule has 1 atom stereocenters. The summed E-state index contributed by atoms with van der Waals surface area (Å²) in [6, 6.07) is 12.5. The molecule has 0 bridgehead atoms. The van der Waals surface area contributed by atoms with E-state index >= 15 is 0 Å². The van der Waals surface area contributed by atoms with E-state index < -0.39 is 6.23 Å². The molecule has 1 N–H and O–H groups in total. The number of hydrogen-bond acceptors (Lipinski definition) is 3. The van der Waals surface area contributed by atoms with Crippen LogP contribution in [0.15, 0.2) is 42.5 Å². The van der Waals surface area contributed by atoms with E-state index in [9.17, 15) is 4.79 Å². The summed E-state index contributed by atoms with van der Waals surface area (Å²) < 4.78 is 5.28. The molecule has 0 amide bonds. The van der Waals surface area contributed by atoms with Crippen molar-refractivity contribution in [3.8, 4) is 0 Å². The Morgan fingerprint density at radius 1 is 1.05 bits per heavy atom. The molecule has 1 aliphatic rings. The van der Waals surface area contributed by atoms with E-state index in [1.807, 2.05) is 12.1 Å². The minimum absolute atomic E-state index is 0.341. The summed E-state index contributed by atoms with van der Waals surface area (Å²) in [5, 5.41) is 3.93. The molecule has 0 saturated heterocycles. The molecule has 0 spiro atoms. The number of benzene rings is 2. The molecule has 3 nitrogen and oxygen atoms in total. The van der Waals surface area contributed by atoms with Gasteiger partial charge in [0.2, 0.25) is 6.23 Å². The zero-order valence-corrected chi connectivity index (χ0v) is 11.2. The molecular weight excluding hydrogens is 285 g/mol. The molecule has 19 heavy (non-hydrogen) atoms. The average Bonchev–Trinajstić information content (AvgIpc) is 2.73. The first-order chi connectivity index (χ1) is 9.16. The molecular formula is C14H9Cl2NO2. The third-order valence-electron chi connectivity index (χ3n) is 2.93. The zero-order chi connectivity index (χ0) is 13.4. The number of hydrogen-bond donors (Lipinski definition) is 1. The number of rotatable bonds is 2. The van der Waals surface area contributed by atoms with E-state index in [4.69, 9.17) is 27.9 Å². The second kappa shape index (κ2) is 4.76. The Labute approximate surface area is 120 Å². The van der Waals surface area contributed by atoms with Crippen LogP contribution in [-0.2, 0) is 4.74 Å². The van der Waals surface area contributed by atoms with Gasteiger partial charge in [-0.25, -0.2) is 4.79 Å². The first-order valence-electron chi connectivity index (χ1n) is 5.67. The van der Waals surface area contributed by atoms with Gasteiger partial charge in [0.1, 0.15) is 0 Å². The third kappa shape index (κ3) is 2.15. The van der Waals surface area contributed by atoms with E-state index in [1.54, 1.807) is 30.3 Å². The van der Waals surface area contributed by atoms with Crippen molar-refractivity contribution in [2.45, 2.75) is 6.23 Å². The van der Waals surface area contributed by atoms with Gasteiger partial charge >= 0.3 is 5.97 Å². The number of esters is 1. The summed E-state index contributed by atoms with van der Waals surface area (Å²) in [6.45, 7) is 0. The van der Waals surface area contributed by atoms with Crippen LogP contribution in [0.2, 0.25) is 10.0 Å². The lowest BCUT2D eigenvalue weighted by Crippen LogP contribution is -2.10. The zero-order valence-electron chi connectivity index (χ0n) is 9.69. The lowest BCUT2D eigenvalue weighted by atomic mass is 10.1. The molecule has 2 aromatic carbocycles. The summed E-state index contributed by atoms with van der Waals surface area (Å²) in [6.07, 6.45) is -0.542. The van der Waals surface area contributed by atoms with Crippen molar-refractivity contribution < 1.29 is 9.53 Å². The molecule has 0 aliphatic carbocycles. The maximum absolute atomic E-state index is 11.7. The lowest BCUT2D eigenvalue weighted by molar-refractivity contribution is 0.0437. The fourth-order valence-corrected chi connectivity index (χ4v) is 2.36. The van der Waals surface area contributed by atoms with Crippen LogP contribution >= 0.6 is 23.2 Å². The van der Waals surface area contributed by atoms with Crippen LogP contribution in [0.5, 0.6) is 0 Å². The largest absolute Gasteiger partial charge is 0.434 e. The SMILES string of the molecule is O=C1OC(Nc2cccc(Cl)c2Cl)c2ccccc21. The van der Waals surface area contributed by atoms with Crippen LogP contribution < -0.4 is 5.32 Å². The Hall–Kier alpha value is -1.71. The quantitative estimate of drug-likeness (QED) is 0.840. The molecule has 2 aromatic rings. The normalized spacial score (nSPS) is 16.9. The fraction of sp³-hybridized carbons (Fsp3) is 0.0714. The molecule has 0 saturated carbocycles. The second-order valence-electron chi connectivity index (χ2n) is 4.12. The van der Waals surface area contributed by atoms with Gasteiger partial charge in [0.05, 0.1) is 21.3 Å². The van der Waals surface area contributed by atoms with Crippen LogP contribution in [0, 0.1) is 0 Å². The fourth-order valence-electron chi connectivity index (χ4n) is 2.01. The molecule has 96 valence electrons. The predicted molar refractivity (Wildman–Crippen MR) is 74.7 cm³/mol. The van der Waals surface area contributed by atoms with Crippen LogP contribution in [0.25, 0.3) is 0 Å². The minimum Gasteiger partial charge on any atom is -0.434 e. The third-order valence-corrected chi connectivity index (χ3v) is 3.75. The van der Waals surface area contributed by atoms with Gasteiger partial charge in [-0.3, -0.25) is 0 Å². The molecule has 5 heteroatoms. The van der Waals surface area contributed by atoms with Gasteiger partial charge in [0, 0.05) is 5.56 Å². The molecule has 0 radical (unpaired) electrons. The van der Waals surface area contributed by atoms with Gasteiger partial charge in [-0.2, -0.15) is 0 Å². The highest BCUT2D eigenvalue weighted by molar-refractivity contribution is 6.43. The lowest BCUT2D eigenvalue weighted by Gasteiger charge is -2.15. The number of anilines is 1. The van der Waals surface area contributed by atoms with Crippen LogP contribution in [0.1, 0.15) is 22.1 Å². The Kier molecular flexibility index (Phi) is 3.09. The van der Waals surface area contributed by atoms with Crippen LogP contribution in [-0.4, -0.2) is 5.97 Å². The standard InChI is InChI=1S/C14H9Cl2NO2/c15-10-6-3-7-11(12(10)16)17-13-8-4-1-2-5-9(8)14(18)19-13/h1-7,13,17H. The summed E-state index contributed by atoms with van der Waals surface area (Å²) in [7, 11) is 0. The number of nitrogens with one attached hydrogen (secondary N) is 1. The highest BCUT2D eigenvalue weighted by atomic mass is 35.5. The Balaban J connectivity index is 1.94. The summed E-state index contributed by atoms with van der Waals surface area (Å²) in [4.78, 5) is 11.7. The van der Waals surface area contributed by atoms with Crippen LogP contribution in [0.4, 0.5) is 5.69 Å². The molecule has 0 aromatic heterocycles. The molecule has 1 heterocycles. The second-order valence-corrected chi connectivity index (χ2v) is 4.90. The van der Waals surface area contributed by atoms with Gasteiger partial charge in [0.25, 0.3) is 0 Å². The number of carbonyl (C=O) groups is 1. The first-order valence-corrected chi connectivity index (χ1v) is 6.43. The van der Waals surface area contributed by atoms with Crippen molar-refractivity contribution in [3.05, 3.63) is 63.6 Å². The number of carbonyl (C=O) groups excluding carboxylic acids is 1. The maximum atomic E-state index is 11.7. The van der Waals surface area contributed by atoms with Gasteiger partial charge in [0.15, 0.2) is 0 Å². The highest BCUT2D eigenvalue weighted by Crippen LogP contribution is 2.35. The molecule has 1 aliphatic heterocycles. The number of halogens is 2. The van der Waals surface area contributed by atoms with E-state index in [0.29, 0.717) is 21.3 Å². The van der Waals surface area contributed by atoms with Crippen LogP contribution in [0.3, 0.4) is 0 Å². The number of cyclic esters (lactones) is 1. The van der Waals surface area contributed by atoms with Gasteiger partial charge < -0.3 is 10.1 Å². The van der Waals surface area contributed by atoms with Crippen molar-refractivity contribution in [3.63, 3.8) is 0 Å². The van der Waals surface area contributed by atoms with E-state index in [-0.39, 0.29) is 5.97 Å². The Morgan fingerprint density at radius 3 is 2.68 bits per heavy atom. The molecule has 3 rings (SSSR count). The van der Waals surface area contributed by atoms with Gasteiger partial charge in [-0.05, 0) is 18.2 Å². The van der Waals surface area contributed by atoms with Gasteiger partial charge in [-0.1, -0.05) is 47.5 Å². The average molecular weight is 294 g/mol. The summed E-state index contributed by atoms with van der Waals surface area (Å²) >= 11 is 12.0. The van der Waals surface area contributed by atoms with Crippen molar-refractivity contribution >= 4 is 34.9 Å². The minimum atomic E-state index is -0.542. The maximum Gasteiger partial charge on any atom is 0.340 e. The number of ether oxygens (including phenoxy) is 1.